The highest BCUT2D eigenvalue weighted by Gasteiger charge is 2.15. The van der Waals surface area contributed by atoms with Crippen molar-refractivity contribution >= 4 is 21.9 Å². The molecule has 0 saturated heterocycles. The highest BCUT2D eigenvalue weighted by Crippen LogP contribution is 2.21. The summed E-state index contributed by atoms with van der Waals surface area (Å²) < 4.78 is 2.19. The molecule has 6 heteroatoms. The maximum Gasteiger partial charge on any atom is 0.305 e. The van der Waals surface area contributed by atoms with E-state index in [2.05, 4.69) is 21.0 Å². The number of hydrogen-bond donors (Lipinski definition) is 2. The largest absolute Gasteiger partial charge is 0.481 e. The van der Waals surface area contributed by atoms with Gasteiger partial charge in [-0.2, -0.15) is 5.10 Å². The van der Waals surface area contributed by atoms with Crippen LogP contribution >= 0.6 is 15.9 Å². The van der Waals surface area contributed by atoms with Crippen LogP contribution < -0.4 is 5.73 Å². The van der Waals surface area contributed by atoms with Crippen molar-refractivity contribution in [2.75, 3.05) is 0 Å². The Balaban J connectivity index is 2.81. The van der Waals surface area contributed by atoms with E-state index in [-0.39, 0.29) is 6.42 Å². The molecule has 1 rings (SSSR count). The number of nitrogens with zero attached hydrogens (tertiary/aromatic N) is 2. The fourth-order valence-electron chi connectivity index (χ4n) is 1.03. The van der Waals surface area contributed by atoms with Gasteiger partial charge in [0.1, 0.15) is 4.60 Å². The summed E-state index contributed by atoms with van der Waals surface area (Å²) >= 11 is 3.20. The SMILES string of the molecule is Cn1cc([C@H](N)CC(=O)O)c(Br)n1. The van der Waals surface area contributed by atoms with Crippen LogP contribution in [0.25, 0.3) is 0 Å². The summed E-state index contributed by atoms with van der Waals surface area (Å²) in [5.74, 6) is -0.914. The third-order valence-corrected chi connectivity index (χ3v) is 2.22. The van der Waals surface area contributed by atoms with E-state index in [0.29, 0.717) is 10.2 Å². The summed E-state index contributed by atoms with van der Waals surface area (Å²) in [7, 11) is 1.75. The van der Waals surface area contributed by atoms with E-state index in [1.54, 1.807) is 17.9 Å². The van der Waals surface area contributed by atoms with Crippen molar-refractivity contribution in [3.63, 3.8) is 0 Å². The second-order valence-corrected chi connectivity index (χ2v) is 3.50. The molecule has 1 aromatic heterocycles. The Bertz CT molecular complexity index is 324. The Hall–Kier alpha value is -0.880. The summed E-state index contributed by atoms with van der Waals surface area (Å²) in [6.45, 7) is 0. The molecule has 0 amide bonds. The molecule has 0 radical (unpaired) electrons. The van der Waals surface area contributed by atoms with Gasteiger partial charge in [-0.1, -0.05) is 0 Å². The molecule has 0 fully saturated rings. The Kier molecular flexibility index (Phi) is 3.05. The number of carboxylic acid groups (broad SMARTS) is 1. The van der Waals surface area contributed by atoms with E-state index < -0.39 is 12.0 Å². The van der Waals surface area contributed by atoms with Crippen molar-refractivity contribution in [1.29, 1.82) is 0 Å². The maximum absolute atomic E-state index is 10.4. The summed E-state index contributed by atoms with van der Waals surface area (Å²) in [5, 5.41) is 12.5. The van der Waals surface area contributed by atoms with E-state index in [0.717, 1.165) is 0 Å². The minimum Gasteiger partial charge on any atom is -0.481 e. The Morgan fingerprint density at radius 2 is 2.54 bits per heavy atom. The monoisotopic (exact) mass is 247 g/mol. The topological polar surface area (TPSA) is 81.1 Å². The van der Waals surface area contributed by atoms with Gasteiger partial charge in [0.05, 0.1) is 6.42 Å². The number of aromatic nitrogens is 2. The third-order valence-electron chi connectivity index (χ3n) is 1.60. The van der Waals surface area contributed by atoms with E-state index in [4.69, 9.17) is 10.8 Å². The van der Waals surface area contributed by atoms with Crippen LogP contribution in [0.2, 0.25) is 0 Å². The van der Waals surface area contributed by atoms with Crippen molar-refractivity contribution in [3.8, 4) is 0 Å². The predicted molar refractivity (Wildman–Crippen MR) is 50.1 cm³/mol. The molecule has 1 aromatic rings. The second kappa shape index (κ2) is 3.89. The van der Waals surface area contributed by atoms with Gasteiger partial charge in [-0.3, -0.25) is 9.48 Å². The average Bonchev–Trinajstić information content (AvgIpc) is 2.28. The molecule has 13 heavy (non-hydrogen) atoms. The quantitative estimate of drug-likeness (QED) is 0.823. The van der Waals surface area contributed by atoms with Gasteiger partial charge in [-0.05, 0) is 15.9 Å². The van der Waals surface area contributed by atoms with E-state index >= 15 is 0 Å². The van der Waals surface area contributed by atoms with Crippen LogP contribution in [-0.2, 0) is 11.8 Å². The minimum absolute atomic E-state index is 0.0930. The van der Waals surface area contributed by atoms with Gasteiger partial charge in [-0.25, -0.2) is 0 Å². The first-order chi connectivity index (χ1) is 6.00. The van der Waals surface area contributed by atoms with Crippen LogP contribution in [0.5, 0.6) is 0 Å². The van der Waals surface area contributed by atoms with Crippen LogP contribution in [0.4, 0.5) is 0 Å². The zero-order valence-electron chi connectivity index (χ0n) is 7.07. The Morgan fingerprint density at radius 1 is 1.92 bits per heavy atom. The van der Waals surface area contributed by atoms with Gasteiger partial charge in [0, 0.05) is 24.8 Å². The normalized spacial score (nSPS) is 12.8. The Labute approximate surface area is 83.7 Å². The molecular weight excluding hydrogens is 238 g/mol. The fourth-order valence-corrected chi connectivity index (χ4v) is 1.67. The fraction of sp³-hybridized carbons (Fsp3) is 0.429. The second-order valence-electron chi connectivity index (χ2n) is 2.75. The van der Waals surface area contributed by atoms with E-state index in [9.17, 15) is 4.79 Å². The lowest BCUT2D eigenvalue weighted by Crippen LogP contribution is -2.14. The van der Waals surface area contributed by atoms with Crippen molar-refractivity contribution < 1.29 is 9.90 Å². The number of rotatable bonds is 3. The van der Waals surface area contributed by atoms with Crippen molar-refractivity contribution in [2.24, 2.45) is 12.8 Å². The summed E-state index contributed by atoms with van der Waals surface area (Å²) in [5.41, 5.74) is 6.36. The minimum atomic E-state index is -0.914. The van der Waals surface area contributed by atoms with Crippen LogP contribution in [-0.4, -0.2) is 20.9 Å². The van der Waals surface area contributed by atoms with E-state index in [1.807, 2.05) is 0 Å². The van der Waals surface area contributed by atoms with Gasteiger partial charge < -0.3 is 10.8 Å². The van der Waals surface area contributed by atoms with Gasteiger partial charge in [-0.15, -0.1) is 0 Å². The third kappa shape index (κ3) is 2.53. The molecule has 5 nitrogen and oxygen atoms in total. The molecule has 0 aliphatic rings. The molecule has 1 heterocycles. The van der Waals surface area contributed by atoms with Gasteiger partial charge in [0.2, 0.25) is 0 Å². The standard InChI is InChI=1S/C7H10BrN3O2/c1-11-3-4(7(8)10-11)5(9)2-6(12)13/h3,5H,2,9H2,1H3,(H,12,13)/t5-/m1/s1. The number of nitrogens with two attached hydrogens (primary N) is 1. The lowest BCUT2D eigenvalue weighted by molar-refractivity contribution is -0.137. The lowest BCUT2D eigenvalue weighted by Gasteiger charge is -2.05. The summed E-state index contributed by atoms with van der Waals surface area (Å²) in [6.07, 6.45) is 1.61. The molecule has 0 bridgehead atoms. The van der Waals surface area contributed by atoms with Gasteiger partial charge in [0.15, 0.2) is 0 Å². The molecular formula is C7H10BrN3O2. The molecule has 1 atom stereocenters. The molecule has 72 valence electrons. The zero-order valence-corrected chi connectivity index (χ0v) is 8.65. The van der Waals surface area contributed by atoms with Crippen LogP contribution in [0.1, 0.15) is 18.0 Å². The van der Waals surface area contributed by atoms with Crippen LogP contribution in [0, 0.1) is 0 Å². The first-order valence-corrected chi connectivity index (χ1v) is 4.46. The van der Waals surface area contributed by atoms with Gasteiger partial charge >= 0.3 is 5.97 Å². The number of carboxylic acids is 1. The van der Waals surface area contributed by atoms with Gasteiger partial charge in [0.25, 0.3) is 0 Å². The first-order valence-electron chi connectivity index (χ1n) is 3.67. The molecule has 3 N–H and O–H groups in total. The highest BCUT2D eigenvalue weighted by atomic mass is 79.9. The maximum atomic E-state index is 10.4. The summed E-state index contributed by atoms with van der Waals surface area (Å²) in [6, 6.07) is -0.513. The van der Waals surface area contributed by atoms with Crippen molar-refractivity contribution in [2.45, 2.75) is 12.5 Å². The number of hydrogen-bond acceptors (Lipinski definition) is 3. The Morgan fingerprint density at radius 3 is 2.92 bits per heavy atom. The number of aryl methyl sites for hydroxylation is 1. The smallest absolute Gasteiger partial charge is 0.305 e. The number of aliphatic carboxylic acids is 1. The lowest BCUT2D eigenvalue weighted by atomic mass is 10.1. The van der Waals surface area contributed by atoms with Crippen LogP contribution in [0.15, 0.2) is 10.8 Å². The molecule has 0 aliphatic heterocycles. The van der Waals surface area contributed by atoms with Crippen molar-refractivity contribution in [3.05, 3.63) is 16.4 Å². The van der Waals surface area contributed by atoms with Crippen molar-refractivity contribution in [1.82, 2.24) is 9.78 Å². The molecule has 0 aliphatic carbocycles. The number of halogens is 1. The molecule has 0 unspecified atom stereocenters. The zero-order chi connectivity index (χ0) is 10.0. The van der Waals surface area contributed by atoms with E-state index in [1.165, 1.54) is 0 Å². The molecule has 0 saturated carbocycles. The number of carbonyl (C=O) groups is 1. The predicted octanol–water partition coefficient (Wildman–Crippen LogP) is 0.657. The van der Waals surface area contributed by atoms with Crippen LogP contribution in [0.3, 0.4) is 0 Å². The first kappa shape index (κ1) is 10.2. The molecule has 0 aromatic carbocycles. The molecule has 0 spiro atoms. The average molecular weight is 248 g/mol. The summed E-state index contributed by atoms with van der Waals surface area (Å²) in [4.78, 5) is 10.4. The highest BCUT2D eigenvalue weighted by molar-refractivity contribution is 9.10.